The number of aromatic nitrogens is 1. The summed E-state index contributed by atoms with van der Waals surface area (Å²) in [5.74, 6) is 0.0351. The topological polar surface area (TPSA) is 138 Å². The Hall–Kier alpha value is -3.53. The van der Waals surface area contributed by atoms with E-state index in [1.54, 1.807) is 48.5 Å². The lowest BCUT2D eigenvalue weighted by atomic mass is 10.1. The monoisotopic (exact) mass is 454 g/mol. The highest BCUT2D eigenvalue weighted by Gasteiger charge is 2.18. The second kappa shape index (κ2) is 7.95. The third kappa shape index (κ3) is 4.19. The van der Waals surface area contributed by atoms with Crippen LogP contribution in [0.3, 0.4) is 0 Å². The van der Waals surface area contributed by atoms with Crippen LogP contribution in [0.25, 0.3) is 22.0 Å². The first-order valence-electron chi connectivity index (χ1n) is 8.89. The second-order valence-electron chi connectivity index (χ2n) is 6.59. The van der Waals surface area contributed by atoms with Crippen molar-refractivity contribution in [1.82, 2.24) is 4.98 Å². The zero-order valence-electron chi connectivity index (χ0n) is 15.8. The highest BCUT2D eigenvalue weighted by Crippen LogP contribution is 2.37. The number of nitrogen functional groups attached to an aromatic ring is 1. The van der Waals surface area contributed by atoms with E-state index in [1.165, 1.54) is 18.3 Å². The summed E-state index contributed by atoms with van der Waals surface area (Å²) in [5.41, 5.74) is 7.76. The van der Waals surface area contributed by atoms with Crippen LogP contribution in [0.4, 0.5) is 17.1 Å². The van der Waals surface area contributed by atoms with Gasteiger partial charge in [-0.3, -0.25) is 9.54 Å². The van der Waals surface area contributed by atoms with Gasteiger partial charge in [0.25, 0.3) is 10.1 Å². The normalized spacial score (nSPS) is 11.9. The summed E-state index contributed by atoms with van der Waals surface area (Å²) in [6.45, 7) is 0. The quantitative estimate of drug-likeness (QED) is 0.211. The third-order valence-electron chi connectivity index (χ3n) is 4.56. The Bertz CT molecular complexity index is 1440. The van der Waals surface area contributed by atoms with Gasteiger partial charge in [0, 0.05) is 21.4 Å². The minimum absolute atomic E-state index is 0.0351. The van der Waals surface area contributed by atoms with Crippen LogP contribution in [0.5, 0.6) is 5.75 Å². The molecule has 0 aliphatic carbocycles. The summed E-state index contributed by atoms with van der Waals surface area (Å²) < 4.78 is 33.2. The molecule has 0 radical (unpaired) electrons. The Labute approximate surface area is 182 Å². The average Bonchev–Trinajstić information content (AvgIpc) is 2.75. The number of fused-ring (bicyclic) bond motifs is 1. The third-order valence-corrected chi connectivity index (χ3v) is 5.69. The molecule has 0 bridgehead atoms. The van der Waals surface area contributed by atoms with E-state index in [-0.39, 0.29) is 27.4 Å². The number of anilines is 1. The van der Waals surface area contributed by atoms with Gasteiger partial charge in [-0.25, -0.2) is 0 Å². The van der Waals surface area contributed by atoms with Crippen molar-refractivity contribution in [1.29, 1.82) is 0 Å². The number of pyridine rings is 1. The van der Waals surface area contributed by atoms with Crippen molar-refractivity contribution in [3.63, 3.8) is 0 Å². The summed E-state index contributed by atoms with van der Waals surface area (Å²) in [6.07, 6.45) is 1.43. The van der Waals surface area contributed by atoms with Crippen LogP contribution < -0.4 is 5.73 Å². The molecule has 1 aromatic heterocycles. The predicted molar refractivity (Wildman–Crippen MR) is 119 cm³/mol. The van der Waals surface area contributed by atoms with Crippen molar-refractivity contribution in [2.75, 3.05) is 5.73 Å². The predicted octanol–water partition coefficient (Wildman–Crippen LogP) is 5.51. The molecule has 156 valence electrons. The molecule has 0 saturated heterocycles. The molecule has 3 aromatic carbocycles. The maximum absolute atomic E-state index is 11.8. The van der Waals surface area contributed by atoms with E-state index in [2.05, 4.69) is 15.2 Å². The molecule has 0 atom stereocenters. The molecule has 31 heavy (non-hydrogen) atoms. The van der Waals surface area contributed by atoms with Crippen molar-refractivity contribution in [2.24, 2.45) is 10.2 Å². The molecule has 4 N–H and O–H groups in total. The van der Waals surface area contributed by atoms with Crippen molar-refractivity contribution < 1.29 is 18.1 Å². The van der Waals surface area contributed by atoms with Crippen molar-refractivity contribution >= 4 is 49.6 Å². The Morgan fingerprint density at radius 2 is 1.71 bits per heavy atom. The number of phenolic OH excluding ortho intramolecular Hbond substituents is 1. The number of rotatable bonds is 4. The molecule has 1 heterocycles. The molecule has 0 unspecified atom stereocenters. The molecule has 0 amide bonds. The SMILES string of the molecule is Nc1c(/N=N/c2ccc(-c3cc(Cl)ccc3O)nc2)cc(S(=O)(=O)O)c2ccccc12. The molecule has 0 fully saturated rings. The molecule has 0 saturated carbocycles. The fraction of sp³-hybridized carbons (Fsp3) is 0. The van der Waals surface area contributed by atoms with Gasteiger partial charge in [-0.15, -0.1) is 10.2 Å². The Kier molecular flexibility index (Phi) is 5.32. The summed E-state index contributed by atoms with van der Waals surface area (Å²) in [7, 11) is -4.50. The smallest absolute Gasteiger partial charge is 0.295 e. The minimum atomic E-state index is -4.50. The van der Waals surface area contributed by atoms with Gasteiger partial charge < -0.3 is 10.8 Å². The zero-order chi connectivity index (χ0) is 22.2. The Balaban J connectivity index is 1.72. The van der Waals surface area contributed by atoms with Gasteiger partial charge in [-0.05, 0) is 36.4 Å². The average molecular weight is 455 g/mol. The van der Waals surface area contributed by atoms with E-state index < -0.39 is 10.1 Å². The van der Waals surface area contributed by atoms with Crippen LogP contribution in [0.2, 0.25) is 5.02 Å². The van der Waals surface area contributed by atoms with Gasteiger partial charge >= 0.3 is 0 Å². The van der Waals surface area contributed by atoms with Crippen LogP contribution in [0.1, 0.15) is 0 Å². The largest absolute Gasteiger partial charge is 0.507 e. The molecule has 0 spiro atoms. The first-order valence-corrected chi connectivity index (χ1v) is 10.7. The van der Waals surface area contributed by atoms with E-state index in [4.69, 9.17) is 17.3 Å². The molecule has 8 nitrogen and oxygen atoms in total. The summed E-state index contributed by atoms with van der Waals surface area (Å²) in [6, 6.07) is 15.6. The van der Waals surface area contributed by atoms with Crippen LogP contribution in [0, 0.1) is 0 Å². The van der Waals surface area contributed by atoms with E-state index in [0.717, 1.165) is 0 Å². The number of hydrogen-bond acceptors (Lipinski definition) is 7. The van der Waals surface area contributed by atoms with Crippen LogP contribution in [-0.4, -0.2) is 23.1 Å². The van der Waals surface area contributed by atoms with Crippen molar-refractivity contribution in [3.8, 4) is 17.0 Å². The van der Waals surface area contributed by atoms with Crippen LogP contribution in [0.15, 0.2) is 82.0 Å². The number of benzene rings is 3. The number of aromatic hydroxyl groups is 1. The maximum Gasteiger partial charge on any atom is 0.295 e. The van der Waals surface area contributed by atoms with E-state index in [1.807, 2.05) is 0 Å². The first-order chi connectivity index (χ1) is 14.7. The molecule has 10 heteroatoms. The van der Waals surface area contributed by atoms with E-state index in [0.29, 0.717) is 27.4 Å². The molecule has 0 aliphatic heterocycles. The molecule has 4 rings (SSSR count). The Morgan fingerprint density at radius 3 is 2.39 bits per heavy atom. The van der Waals surface area contributed by atoms with Crippen LogP contribution in [-0.2, 0) is 10.1 Å². The van der Waals surface area contributed by atoms with Gasteiger partial charge in [-0.2, -0.15) is 8.42 Å². The van der Waals surface area contributed by atoms with Crippen molar-refractivity contribution in [3.05, 3.63) is 71.9 Å². The summed E-state index contributed by atoms with van der Waals surface area (Å²) in [4.78, 5) is 3.94. The van der Waals surface area contributed by atoms with Gasteiger partial charge in [0.1, 0.15) is 22.0 Å². The fourth-order valence-electron chi connectivity index (χ4n) is 3.08. The number of nitrogens with two attached hydrogens (primary N) is 1. The molecule has 0 aliphatic rings. The summed E-state index contributed by atoms with van der Waals surface area (Å²) >= 11 is 5.97. The molecular formula is C21H15ClN4O4S. The number of nitrogens with zero attached hydrogens (tertiary/aromatic N) is 3. The molecular weight excluding hydrogens is 440 g/mol. The van der Waals surface area contributed by atoms with Gasteiger partial charge in [0.05, 0.1) is 17.6 Å². The number of phenols is 1. The van der Waals surface area contributed by atoms with Crippen molar-refractivity contribution in [2.45, 2.75) is 4.90 Å². The number of halogens is 1. The fourth-order valence-corrected chi connectivity index (χ4v) is 3.96. The van der Waals surface area contributed by atoms with E-state index >= 15 is 0 Å². The highest BCUT2D eigenvalue weighted by molar-refractivity contribution is 7.86. The first kappa shape index (κ1) is 20.7. The van der Waals surface area contributed by atoms with E-state index in [9.17, 15) is 18.1 Å². The molecule has 4 aromatic rings. The van der Waals surface area contributed by atoms with Gasteiger partial charge in [0.2, 0.25) is 0 Å². The standard InChI is InChI=1S/C21H15ClN4O4S/c22-12-5-8-19(27)16(9-12)17-7-6-13(11-24-17)25-26-18-10-20(31(28,29)30)14-3-1-2-4-15(14)21(18)23/h1-11,27H,23H2,(H,28,29,30)/b26-25+. The minimum Gasteiger partial charge on any atom is -0.507 e. The lowest BCUT2D eigenvalue weighted by Crippen LogP contribution is -2.01. The van der Waals surface area contributed by atoms with Gasteiger partial charge in [0.15, 0.2) is 0 Å². The lowest BCUT2D eigenvalue weighted by Gasteiger charge is -2.09. The number of hydrogen-bond donors (Lipinski definition) is 3. The van der Waals surface area contributed by atoms with Gasteiger partial charge in [-0.1, -0.05) is 35.9 Å². The second-order valence-corrected chi connectivity index (χ2v) is 8.42. The summed E-state index contributed by atoms with van der Waals surface area (Å²) in [5, 5.41) is 19.3. The van der Waals surface area contributed by atoms with Crippen LogP contribution >= 0.6 is 11.6 Å². The number of azo groups is 1. The lowest BCUT2D eigenvalue weighted by molar-refractivity contribution is 0.477. The Morgan fingerprint density at radius 1 is 0.968 bits per heavy atom. The zero-order valence-corrected chi connectivity index (χ0v) is 17.3. The highest BCUT2D eigenvalue weighted by atomic mass is 35.5. The maximum atomic E-state index is 11.8.